The van der Waals surface area contributed by atoms with E-state index in [1.54, 1.807) is 44.4 Å². The standard InChI is InChI=1S/C15H13Br2NO3/c1-8-9(4-3-5-13(8)19)15(20)18-12-7-14(21-2)11(17)6-10(12)16/h3-7,19H,1-2H3,(H,18,20). The van der Waals surface area contributed by atoms with E-state index in [2.05, 4.69) is 37.2 Å². The van der Waals surface area contributed by atoms with Crippen molar-refractivity contribution in [3.63, 3.8) is 0 Å². The quantitative estimate of drug-likeness (QED) is 0.777. The van der Waals surface area contributed by atoms with Crippen LogP contribution in [0.25, 0.3) is 0 Å². The van der Waals surface area contributed by atoms with Crippen LogP contribution in [0.5, 0.6) is 11.5 Å². The Labute approximate surface area is 139 Å². The second kappa shape index (κ2) is 6.49. The molecule has 0 fully saturated rings. The summed E-state index contributed by atoms with van der Waals surface area (Å²) >= 11 is 6.77. The van der Waals surface area contributed by atoms with Crippen molar-refractivity contribution in [2.75, 3.05) is 12.4 Å². The van der Waals surface area contributed by atoms with E-state index in [4.69, 9.17) is 4.74 Å². The summed E-state index contributed by atoms with van der Waals surface area (Å²) in [6, 6.07) is 8.35. The fourth-order valence-corrected chi connectivity index (χ4v) is 3.10. The average Bonchev–Trinajstić information content (AvgIpc) is 2.44. The third kappa shape index (κ3) is 3.39. The van der Waals surface area contributed by atoms with Gasteiger partial charge in [0.2, 0.25) is 0 Å². The normalized spacial score (nSPS) is 10.3. The van der Waals surface area contributed by atoms with Crippen LogP contribution in [0.4, 0.5) is 5.69 Å². The number of phenols is 1. The molecule has 2 rings (SSSR count). The first kappa shape index (κ1) is 15.9. The number of aromatic hydroxyl groups is 1. The van der Waals surface area contributed by atoms with Crippen LogP contribution in [0, 0.1) is 6.92 Å². The molecule has 0 aromatic heterocycles. The number of hydrogen-bond acceptors (Lipinski definition) is 3. The molecule has 2 aromatic rings. The molecule has 0 atom stereocenters. The Kier molecular flexibility index (Phi) is 4.90. The number of benzene rings is 2. The van der Waals surface area contributed by atoms with Crippen LogP contribution in [-0.4, -0.2) is 18.1 Å². The summed E-state index contributed by atoms with van der Waals surface area (Å²) < 4.78 is 6.72. The van der Waals surface area contributed by atoms with E-state index in [1.807, 2.05) is 0 Å². The summed E-state index contributed by atoms with van der Waals surface area (Å²) in [5.41, 5.74) is 1.54. The molecule has 21 heavy (non-hydrogen) atoms. The average molecular weight is 415 g/mol. The number of carbonyl (C=O) groups excluding carboxylic acids is 1. The van der Waals surface area contributed by atoms with Crippen molar-refractivity contribution in [3.8, 4) is 11.5 Å². The predicted molar refractivity (Wildman–Crippen MR) is 89.2 cm³/mol. The van der Waals surface area contributed by atoms with E-state index in [1.165, 1.54) is 0 Å². The summed E-state index contributed by atoms with van der Waals surface area (Å²) in [7, 11) is 1.55. The molecule has 4 nitrogen and oxygen atoms in total. The first-order valence-corrected chi connectivity index (χ1v) is 7.65. The molecule has 2 N–H and O–H groups in total. The molecule has 0 aliphatic heterocycles. The van der Waals surface area contributed by atoms with E-state index < -0.39 is 0 Å². The maximum Gasteiger partial charge on any atom is 0.256 e. The second-order valence-electron chi connectivity index (χ2n) is 4.37. The summed E-state index contributed by atoms with van der Waals surface area (Å²) in [5.74, 6) is 0.407. The number of ether oxygens (including phenoxy) is 1. The van der Waals surface area contributed by atoms with Crippen LogP contribution >= 0.6 is 31.9 Å². The fourth-order valence-electron chi connectivity index (χ4n) is 1.84. The van der Waals surface area contributed by atoms with Crippen LogP contribution in [0.1, 0.15) is 15.9 Å². The molecule has 0 heterocycles. The highest BCUT2D eigenvalue weighted by Gasteiger charge is 2.14. The molecule has 1 amide bonds. The highest BCUT2D eigenvalue weighted by Crippen LogP contribution is 2.35. The molecule has 0 radical (unpaired) electrons. The van der Waals surface area contributed by atoms with Crippen molar-refractivity contribution in [2.45, 2.75) is 6.92 Å². The molecular weight excluding hydrogens is 402 g/mol. The Morgan fingerprint density at radius 2 is 1.95 bits per heavy atom. The van der Waals surface area contributed by atoms with E-state index in [9.17, 15) is 9.90 Å². The van der Waals surface area contributed by atoms with Crippen LogP contribution in [0.3, 0.4) is 0 Å². The zero-order valence-electron chi connectivity index (χ0n) is 11.4. The van der Waals surface area contributed by atoms with E-state index in [-0.39, 0.29) is 11.7 Å². The van der Waals surface area contributed by atoms with Crippen molar-refractivity contribution in [3.05, 3.63) is 50.4 Å². The van der Waals surface area contributed by atoms with Gasteiger partial charge in [-0.2, -0.15) is 0 Å². The van der Waals surface area contributed by atoms with Crippen LogP contribution in [-0.2, 0) is 0 Å². The Morgan fingerprint density at radius 1 is 1.24 bits per heavy atom. The molecule has 0 bridgehead atoms. The number of anilines is 1. The lowest BCUT2D eigenvalue weighted by molar-refractivity contribution is 0.102. The minimum Gasteiger partial charge on any atom is -0.508 e. The predicted octanol–water partition coefficient (Wildman–Crippen LogP) is 4.49. The first-order valence-electron chi connectivity index (χ1n) is 6.07. The minimum absolute atomic E-state index is 0.0927. The number of nitrogens with one attached hydrogen (secondary N) is 1. The van der Waals surface area contributed by atoms with Gasteiger partial charge in [-0.1, -0.05) is 6.07 Å². The molecule has 2 aromatic carbocycles. The van der Waals surface area contributed by atoms with Crippen molar-refractivity contribution < 1.29 is 14.6 Å². The van der Waals surface area contributed by atoms with Gasteiger partial charge in [0.05, 0.1) is 17.3 Å². The monoisotopic (exact) mass is 413 g/mol. The Bertz CT molecular complexity index is 702. The van der Waals surface area contributed by atoms with E-state index in [0.29, 0.717) is 22.6 Å². The van der Waals surface area contributed by atoms with Gasteiger partial charge in [0.15, 0.2) is 0 Å². The summed E-state index contributed by atoms with van der Waals surface area (Å²) in [6.07, 6.45) is 0. The lowest BCUT2D eigenvalue weighted by Gasteiger charge is -2.12. The number of carbonyl (C=O) groups is 1. The number of amides is 1. The fraction of sp³-hybridized carbons (Fsp3) is 0.133. The number of hydrogen-bond donors (Lipinski definition) is 2. The SMILES string of the molecule is COc1cc(NC(=O)c2cccc(O)c2C)c(Br)cc1Br. The first-order chi connectivity index (χ1) is 9.93. The van der Waals surface area contributed by atoms with Gasteiger partial charge >= 0.3 is 0 Å². The van der Waals surface area contributed by atoms with Crippen molar-refractivity contribution in [2.24, 2.45) is 0 Å². The molecular formula is C15H13Br2NO3. The highest BCUT2D eigenvalue weighted by atomic mass is 79.9. The summed E-state index contributed by atoms with van der Waals surface area (Å²) in [6.45, 7) is 1.70. The van der Waals surface area contributed by atoms with E-state index >= 15 is 0 Å². The molecule has 0 aliphatic carbocycles. The minimum atomic E-state index is -0.298. The van der Waals surface area contributed by atoms with Gasteiger partial charge in [0, 0.05) is 21.7 Å². The smallest absolute Gasteiger partial charge is 0.256 e. The molecule has 0 unspecified atom stereocenters. The third-order valence-corrected chi connectivity index (χ3v) is 4.32. The number of rotatable bonds is 3. The van der Waals surface area contributed by atoms with Crippen LogP contribution in [0.2, 0.25) is 0 Å². The van der Waals surface area contributed by atoms with Crippen molar-refractivity contribution in [1.29, 1.82) is 0 Å². The largest absolute Gasteiger partial charge is 0.508 e. The topological polar surface area (TPSA) is 58.6 Å². The summed E-state index contributed by atoms with van der Waals surface area (Å²) in [4.78, 5) is 12.3. The lowest BCUT2D eigenvalue weighted by Crippen LogP contribution is -2.13. The summed E-state index contributed by atoms with van der Waals surface area (Å²) in [5, 5.41) is 12.5. The third-order valence-electron chi connectivity index (χ3n) is 3.04. The molecule has 6 heteroatoms. The van der Waals surface area contributed by atoms with Gasteiger partial charge in [0.1, 0.15) is 11.5 Å². The molecule has 0 saturated carbocycles. The molecule has 0 spiro atoms. The zero-order chi connectivity index (χ0) is 15.6. The highest BCUT2D eigenvalue weighted by molar-refractivity contribution is 9.11. The molecule has 0 saturated heterocycles. The molecule has 0 aliphatic rings. The Morgan fingerprint density at radius 3 is 2.62 bits per heavy atom. The second-order valence-corrected chi connectivity index (χ2v) is 6.08. The lowest BCUT2D eigenvalue weighted by atomic mass is 10.1. The van der Waals surface area contributed by atoms with Gasteiger partial charge in [-0.3, -0.25) is 4.79 Å². The Hall–Kier alpha value is -1.53. The molecule has 110 valence electrons. The number of phenolic OH excluding ortho intramolecular Hbond substituents is 1. The van der Waals surface area contributed by atoms with E-state index in [0.717, 1.165) is 8.95 Å². The van der Waals surface area contributed by atoms with Crippen LogP contribution < -0.4 is 10.1 Å². The van der Waals surface area contributed by atoms with Gasteiger partial charge < -0.3 is 15.2 Å². The zero-order valence-corrected chi connectivity index (χ0v) is 14.6. The van der Waals surface area contributed by atoms with Crippen LogP contribution in [0.15, 0.2) is 39.3 Å². The Balaban J connectivity index is 2.34. The van der Waals surface area contributed by atoms with Crippen molar-refractivity contribution in [1.82, 2.24) is 0 Å². The maximum absolute atomic E-state index is 12.3. The van der Waals surface area contributed by atoms with Gasteiger partial charge in [0.25, 0.3) is 5.91 Å². The number of halogens is 2. The maximum atomic E-state index is 12.3. The van der Waals surface area contributed by atoms with Gasteiger partial charge in [-0.25, -0.2) is 0 Å². The van der Waals surface area contributed by atoms with Gasteiger partial charge in [-0.05, 0) is 57.0 Å². The van der Waals surface area contributed by atoms with Crippen molar-refractivity contribution >= 4 is 43.5 Å². The number of methoxy groups -OCH3 is 1. The van der Waals surface area contributed by atoms with Gasteiger partial charge in [-0.15, -0.1) is 0 Å².